The molecule has 3 aromatic carbocycles. The van der Waals surface area contributed by atoms with Gasteiger partial charge in [-0.3, -0.25) is 59.6 Å². The summed E-state index contributed by atoms with van der Waals surface area (Å²) in [5.74, 6) is -10.5. The first kappa shape index (κ1) is 39.7. The highest BCUT2D eigenvalue weighted by Gasteiger charge is 2.63. The van der Waals surface area contributed by atoms with E-state index in [1.54, 1.807) is 6.08 Å². The van der Waals surface area contributed by atoms with E-state index < -0.39 is 113 Å². The Hall–Kier alpha value is -7.52. The van der Waals surface area contributed by atoms with Gasteiger partial charge in [0.15, 0.2) is 22.9 Å². The molecule has 2 aliphatic carbocycles. The normalized spacial score (nSPS) is 23.3. The van der Waals surface area contributed by atoms with Crippen LogP contribution in [0.25, 0.3) is 0 Å². The van der Waals surface area contributed by atoms with Gasteiger partial charge in [0.2, 0.25) is 23.6 Å². The highest BCUT2D eigenvalue weighted by molar-refractivity contribution is 6.24. The van der Waals surface area contributed by atoms with Crippen molar-refractivity contribution in [3.63, 3.8) is 0 Å². The van der Waals surface area contributed by atoms with Crippen molar-refractivity contribution in [1.82, 2.24) is 0 Å². The summed E-state index contributed by atoms with van der Waals surface area (Å²) in [6, 6.07) is 7.87. The number of amides is 4. The average molecular weight is 815 g/mol. The second-order valence-electron chi connectivity index (χ2n) is 15.0. The van der Waals surface area contributed by atoms with Crippen molar-refractivity contribution in [2.75, 3.05) is 54.9 Å². The third kappa shape index (κ3) is 6.01. The Kier molecular flexibility index (Phi) is 9.52. The Morgan fingerprint density at radius 1 is 0.644 bits per heavy atom. The molecule has 2 saturated heterocycles. The smallest absolute Gasteiger partial charge is 0.301 e. The molecule has 0 unspecified atom stereocenters. The Morgan fingerprint density at radius 2 is 1.08 bits per heavy atom. The molecule has 22 heteroatoms. The lowest BCUT2D eigenvalue weighted by molar-refractivity contribution is -0.392. The fourth-order valence-electron chi connectivity index (χ4n) is 9.28. The summed E-state index contributed by atoms with van der Waals surface area (Å²) in [6.07, 6.45) is 1.36. The molecule has 22 nitrogen and oxygen atoms in total. The molecule has 0 radical (unpaired) electrons. The fraction of sp³-hybridized carbons (Fsp3) is 0.351. The molecular weight excluding hydrogens is 780 g/mol. The highest BCUT2D eigenvalue weighted by atomic mass is 16.6. The van der Waals surface area contributed by atoms with E-state index in [-0.39, 0.29) is 35.7 Å². The molecule has 0 bridgehead atoms. The number of hydrogen-bond acceptors (Lipinski definition) is 16. The Balaban J connectivity index is 1.37. The van der Waals surface area contributed by atoms with Gasteiger partial charge in [0.05, 0.1) is 61.8 Å². The molecule has 4 aliphatic rings. The molecule has 2 heterocycles. The number of phenolic OH excluding ortho intramolecular Hbond substituents is 1. The first-order valence-corrected chi connectivity index (χ1v) is 17.9. The zero-order valence-corrected chi connectivity index (χ0v) is 31.8. The van der Waals surface area contributed by atoms with E-state index in [4.69, 9.17) is 4.74 Å². The van der Waals surface area contributed by atoms with E-state index in [1.165, 1.54) is 53.5 Å². The summed E-state index contributed by atoms with van der Waals surface area (Å²) in [6.45, 7) is 0. The molecule has 4 amide bonds. The van der Waals surface area contributed by atoms with Crippen molar-refractivity contribution in [2.45, 2.75) is 18.8 Å². The summed E-state index contributed by atoms with van der Waals surface area (Å²) in [4.78, 5) is 107. The third-order valence-corrected chi connectivity index (χ3v) is 11.5. The van der Waals surface area contributed by atoms with Crippen LogP contribution in [0.1, 0.15) is 24.3 Å². The lowest BCUT2D eigenvalue weighted by Gasteiger charge is -2.44. The maximum Gasteiger partial charge on any atom is 0.301 e. The van der Waals surface area contributed by atoms with Crippen LogP contribution in [0.2, 0.25) is 0 Å². The summed E-state index contributed by atoms with van der Waals surface area (Å²) in [5, 5.41) is 59.6. The van der Waals surface area contributed by atoms with E-state index in [0.29, 0.717) is 20.9 Å². The number of ether oxygens (including phenoxy) is 1. The second kappa shape index (κ2) is 14.1. The summed E-state index contributed by atoms with van der Waals surface area (Å²) >= 11 is 0. The molecule has 3 aromatic rings. The quantitative estimate of drug-likeness (QED) is 0.130. The van der Waals surface area contributed by atoms with Crippen LogP contribution >= 0.6 is 0 Å². The molecule has 0 aromatic heterocycles. The van der Waals surface area contributed by atoms with Crippen LogP contribution in [0.4, 0.5) is 45.5 Å². The maximum absolute atomic E-state index is 14.6. The number of hydrogen-bond donors (Lipinski definition) is 1. The zero-order chi connectivity index (χ0) is 43.1. The average Bonchev–Trinajstić information content (AvgIpc) is 3.58. The lowest BCUT2D eigenvalue weighted by atomic mass is 9.57. The predicted molar refractivity (Wildman–Crippen MR) is 205 cm³/mol. The molecule has 6 atom stereocenters. The third-order valence-electron chi connectivity index (χ3n) is 11.5. The van der Waals surface area contributed by atoms with E-state index in [1.807, 2.05) is 0 Å². The molecule has 59 heavy (non-hydrogen) atoms. The van der Waals surface area contributed by atoms with Crippen molar-refractivity contribution < 1.29 is 48.7 Å². The van der Waals surface area contributed by atoms with Gasteiger partial charge in [-0.05, 0) is 36.5 Å². The van der Waals surface area contributed by atoms with Crippen molar-refractivity contribution in [3.8, 4) is 11.5 Å². The minimum absolute atomic E-state index is 0.0714. The van der Waals surface area contributed by atoms with Crippen LogP contribution in [-0.2, 0) is 19.2 Å². The topological polar surface area (TPSA) is 283 Å². The zero-order valence-electron chi connectivity index (χ0n) is 31.8. The van der Waals surface area contributed by atoms with Crippen molar-refractivity contribution in [1.29, 1.82) is 0 Å². The largest absolute Gasteiger partial charge is 0.504 e. The van der Waals surface area contributed by atoms with Gasteiger partial charge in [0.1, 0.15) is 0 Å². The Bertz CT molecular complexity index is 2410. The number of aromatic hydroxyl groups is 1. The van der Waals surface area contributed by atoms with Crippen molar-refractivity contribution in [2.24, 2.45) is 29.6 Å². The molecule has 2 aliphatic heterocycles. The molecular formula is C37H34N8O14. The van der Waals surface area contributed by atoms with Crippen molar-refractivity contribution in [3.05, 3.63) is 100 Å². The van der Waals surface area contributed by atoms with Crippen LogP contribution in [0, 0.1) is 70.0 Å². The van der Waals surface area contributed by atoms with Gasteiger partial charge in [0, 0.05) is 58.4 Å². The number of allylic oxidation sites excluding steroid dienone is 2. The van der Waals surface area contributed by atoms with Crippen LogP contribution in [0.3, 0.4) is 0 Å². The number of carbonyl (C=O) groups is 4. The van der Waals surface area contributed by atoms with Crippen LogP contribution in [-0.4, -0.2) is 83.7 Å². The van der Waals surface area contributed by atoms with Crippen molar-refractivity contribution >= 4 is 69.1 Å². The number of phenols is 1. The Labute approximate surface area is 332 Å². The monoisotopic (exact) mass is 814 g/mol. The highest BCUT2D eigenvalue weighted by Crippen LogP contribution is 2.59. The standard InChI is InChI=1S/C37H34N8O14/c1-38(2)32-23(42(51)52)11-17(12-24(32)43(53)54)40-34(47)20-8-7-19-21(30(20)36(40)49)15-22-31(29(19)16-6-9-28(59-5)27(46)10-16)37(50)41(35(22)48)18-13-25(44(55)56)33(39(3)4)26(14-18)45(57)58/h6-7,9-14,20-22,29-31,46H,8,15H2,1-5H3/t20-,21+,22+,29-,30-,31+/m0/s1. The number of carbonyl (C=O) groups excluding carboxylic acids is 4. The lowest BCUT2D eigenvalue weighted by Crippen LogP contribution is -2.43. The van der Waals surface area contributed by atoms with Gasteiger partial charge in [-0.1, -0.05) is 17.7 Å². The van der Waals surface area contributed by atoms with Gasteiger partial charge in [-0.25, -0.2) is 9.80 Å². The first-order chi connectivity index (χ1) is 27.8. The number of nitrogens with zero attached hydrogens (tertiary/aromatic N) is 8. The molecule has 0 spiro atoms. The van der Waals surface area contributed by atoms with Gasteiger partial charge in [-0.2, -0.15) is 0 Å². The number of nitro benzene ring substituents is 4. The number of imide groups is 2. The van der Waals surface area contributed by atoms with Crippen LogP contribution in [0.5, 0.6) is 11.5 Å². The van der Waals surface area contributed by atoms with E-state index in [0.717, 1.165) is 34.1 Å². The molecule has 1 N–H and O–H groups in total. The van der Waals surface area contributed by atoms with E-state index >= 15 is 0 Å². The minimum atomic E-state index is -1.26. The minimum Gasteiger partial charge on any atom is -0.504 e. The van der Waals surface area contributed by atoms with Gasteiger partial charge < -0.3 is 19.6 Å². The van der Waals surface area contributed by atoms with Gasteiger partial charge in [0.25, 0.3) is 0 Å². The number of methoxy groups -OCH3 is 1. The summed E-state index contributed by atoms with van der Waals surface area (Å²) in [5.41, 5.74) is -3.81. The molecule has 7 rings (SSSR count). The Morgan fingerprint density at radius 3 is 1.49 bits per heavy atom. The number of benzene rings is 3. The van der Waals surface area contributed by atoms with E-state index in [2.05, 4.69) is 0 Å². The van der Waals surface area contributed by atoms with Crippen LogP contribution in [0.15, 0.2) is 54.1 Å². The number of anilines is 4. The number of fused-ring (bicyclic) bond motifs is 4. The fourth-order valence-corrected chi connectivity index (χ4v) is 9.28. The SMILES string of the molecule is COc1ccc([C@H]2C3=CC[C@@H]4C(=O)N(c5cc([N+](=O)[O-])c(N(C)C)c([N+](=O)[O-])c5)C(=O)[C@@H]4[C@@H]3C[C@H]3C(=O)N(c4cc([N+](=O)[O-])c(N(C)C)c([N+](=O)[O-])c4)C(=O)[C@@H]23)cc1O. The summed E-state index contributed by atoms with van der Waals surface area (Å²) < 4.78 is 5.20. The van der Waals surface area contributed by atoms with Gasteiger partial charge >= 0.3 is 22.7 Å². The number of nitro groups is 4. The second-order valence-corrected chi connectivity index (χ2v) is 15.0. The summed E-state index contributed by atoms with van der Waals surface area (Å²) in [7, 11) is 6.73. The van der Waals surface area contributed by atoms with Gasteiger partial charge in [-0.15, -0.1) is 0 Å². The molecule has 306 valence electrons. The van der Waals surface area contributed by atoms with E-state index in [9.17, 15) is 64.7 Å². The first-order valence-electron chi connectivity index (χ1n) is 17.9. The van der Waals surface area contributed by atoms with Crippen LogP contribution < -0.4 is 24.3 Å². The number of rotatable bonds is 10. The maximum atomic E-state index is 14.6. The molecule has 1 saturated carbocycles. The molecule has 3 fully saturated rings. The predicted octanol–water partition coefficient (Wildman–Crippen LogP) is 4.21.